The number of hydrogen-bond acceptors (Lipinski definition) is 6. The molecule has 0 radical (unpaired) electrons. The molecule has 1 amide bonds. The summed E-state index contributed by atoms with van der Waals surface area (Å²) < 4.78 is 32.8. The molecular weight excluding hydrogens is 488 g/mol. The van der Waals surface area contributed by atoms with E-state index in [2.05, 4.69) is 29.2 Å². The summed E-state index contributed by atoms with van der Waals surface area (Å²) >= 11 is 0. The summed E-state index contributed by atoms with van der Waals surface area (Å²) in [5.74, 6) is 1.84. The summed E-state index contributed by atoms with van der Waals surface area (Å²) in [6.07, 6.45) is 7.47. The number of carbonyl (C=O) groups is 1. The second-order valence-electron chi connectivity index (χ2n) is 11.4. The first kappa shape index (κ1) is 29.9. The molecular formula is C28H48N4O4S. The maximum absolute atomic E-state index is 13.2. The van der Waals surface area contributed by atoms with Crippen LogP contribution < -0.4 is 10.1 Å². The Hall–Kier alpha value is -1.68. The summed E-state index contributed by atoms with van der Waals surface area (Å²) in [6.45, 7) is 8.01. The molecule has 210 valence electrons. The largest absolute Gasteiger partial charge is 0.497 e. The number of nitrogens with one attached hydrogen (secondary N) is 1. The Morgan fingerprint density at radius 3 is 2.11 bits per heavy atom. The van der Waals surface area contributed by atoms with Gasteiger partial charge in [-0.1, -0.05) is 0 Å². The van der Waals surface area contributed by atoms with Crippen molar-refractivity contribution in [3.05, 3.63) is 23.3 Å². The number of hydrogen-bond donors (Lipinski definition) is 1. The summed E-state index contributed by atoms with van der Waals surface area (Å²) in [5.41, 5.74) is 1.28. The highest BCUT2D eigenvalue weighted by Crippen LogP contribution is 2.30. The van der Waals surface area contributed by atoms with Crippen LogP contribution in [0.1, 0.15) is 56.1 Å². The van der Waals surface area contributed by atoms with Crippen LogP contribution in [0.4, 0.5) is 0 Å². The predicted octanol–water partition coefficient (Wildman–Crippen LogP) is 3.27. The summed E-state index contributed by atoms with van der Waals surface area (Å²) in [5, 5.41) is 3.06. The van der Waals surface area contributed by atoms with Gasteiger partial charge in [-0.25, -0.2) is 12.7 Å². The van der Waals surface area contributed by atoms with Crippen molar-refractivity contribution in [3.8, 4) is 5.75 Å². The molecule has 3 rings (SSSR count). The van der Waals surface area contributed by atoms with Gasteiger partial charge in [-0.05, 0) is 115 Å². The molecule has 1 saturated carbocycles. The Morgan fingerprint density at radius 2 is 1.57 bits per heavy atom. The molecule has 2 aliphatic rings. The van der Waals surface area contributed by atoms with Crippen LogP contribution in [0.25, 0.3) is 0 Å². The quantitative estimate of drug-likeness (QED) is 0.468. The van der Waals surface area contributed by atoms with E-state index in [9.17, 15) is 13.2 Å². The number of amides is 1. The lowest BCUT2D eigenvalue weighted by Gasteiger charge is -2.38. The minimum Gasteiger partial charge on any atom is -0.497 e. The third-order valence-corrected chi connectivity index (χ3v) is 10.5. The van der Waals surface area contributed by atoms with Gasteiger partial charge >= 0.3 is 0 Å². The number of benzene rings is 1. The highest BCUT2D eigenvalue weighted by Gasteiger charge is 2.28. The minimum absolute atomic E-state index is 0.0869. The number of sulfonamides is 1. The van der Waals surface area contributed by atoms with Crippen LogP contribution in [0.3, 0.4) is 0 Å². The fourth-order valence-corrected chi connectivity index (χ4v) is 7.49. The molecule has 1 saturated heterocycles. The van der Waals surface area contributed by atoms with Crippen molar-refractivity contribution in [2.45, 2.75) is 69.7 Å². The number of ether oxygens (including phenoxy) is 1. The van der Waals surface area contributed by atoms with Crippen LogP contribution >= 0.6 is 0 Å². The number of likely N-dealkylation sites (tertiary alicyclic amines) is 1. The van der Waals surface area contributed by atoms with Crippen molar-refractivity contribution in [1.29, 1.82) is 0 Å². The van der Waals surface area contributed by atoms with E-state index in [1.165, 1.54) is 56.7 Å². The zero-order valence-corrected chi connectivity index (χ0v) is 24.6. The van der Waals surface area contributed by atoms with Crippen LogP contribution in [0, 0.1) is 25.7 Å². The van der Waals surface area contributed by atoms with Crippen molar-refractivity contribution in [2.24, 2.45) is 11.8 Å². The molecule has 0 bridgehead atoms. The van der Waals surface area contributed by atoms with E-state index < -0.39 is 10.0 Å². The monoisotopic (exact) mass is 536 g/mol. The van der Waals surface area contributed by atoms with Crippen LogP contribution in [0.5, 0.6) is 5.75 Å². The first-order valence-electron chi connectivity index (χ1n) is 13.8. The van der Waals surface area contributed by atoms with Crippen LogP contribution in [0.2, 0.25) is 0 Å². The molecule has 0 spiro atoms. The fraction of sp³-hybridized carbons (Fsp3) is 0.750. The summed E-state index contributed by atoms with van der Waals surface area (Å²) in [4.78, 5) is 17.8. The highest BCUT2D eigenvalue weighted by molar-refractivity contribution is 7.89. The van der Waals surface area contributed by atoms with Gasteiger partial charge in [-0.3, -0.25) is 4.79 Å². The van der Waals surface area contributed by atoms with E-state index >= 15 is 0 Å². The maximum Gasteiger partial charge on any atom is 0.243 e. The summed E-state index contributed by atoms with van der Waals surface area (Å²) in [7, 11) is 3.78. The maximum atomic E-state index is 13.2. The zero-order valence-electron chi connectivity index (χ0n) is 23.8. The van der Waals surface area contributed by atoms with Gasteiger partial charge in [-0.15, -0.1) is 0 Å². The molecule has 1 aliphatic heterocycles. The Kier molecular flexibility index (Phi) is 10.8. The Balaban J connectivity index is 1.37. The van der Waals surface area contributed by atoms with Gasteiger partial charge in [0.2, 0.25) is 15.9 Å². The van der Waals surface area contributed by atoms with Crippen LogP contribution in [0.15, 0.2) is 17.0 Å². The van der Waals surface area contributed by atoms with Crippen molar-refractivity contribution in [1.82, 2.24) is 19.4 Å². The number of methoxy groups -OCH3 is 1. The SMILES string of the molecule is COc1cc(C)c(S(=O)(=O)N(C)CCC(=O)NC[C@H]2CC[C@@H](CN3CCC(N(C)C)CC3)CC2)c(C)c1. The normalized spacial score (nSPS) is 21.9. The van der Waals surface area contributed by atoms with Gasteiger partial charge in [0.15, 0.2) is 0 Å². The average molecular weight is 537 g/mol. The molecule has 1 aliphatic carbocycles. The van der Waals surface area contributed by atoms with Gasteiger partial charge in [0.1, 0.15) is 5.75 Å². The van der Waals surface area contributed by atoms with Gasteiger partial charge in [0.25, 0.3) is 0 Å². The molecule has 1 aromatic carbocycles. The topological polar surface area (TPSA) is 82.2 Å². The van der Waals surface area contributed by atoms with E-state index in [0.29, 0.717) is 29.3 Å². The third-order valence-electron chi connectivity index (χ3n) is 8.35. The standard InChI is InChI=1S/C28H48N4O4S/c1-21-17-26(36-6)18-22(2)28(21)37(34,35)31(5)14-13-27(33)29-19-23-7-9-24(10-8-23)20-32-15-11-25(12-16-32)30(3)4/h17-18,23-25H,7-16,19-20H2,1-6H3,(H,29,33)/t23-,24+. The van der Waals surface area contributed by atoms with Gasteiger partial charge in [-0.2, -0.15) is 0 Å². The number of carbonyl (C=O) groups excluding carboxylic acids is 1. The van der Waals surface area contributed by atoms with Crippen molar-refractivity contribution in [3.63, 3.8) is 0 Å². The lowest BCUT2D eigenvalue weighted by atomic mass is 9.81. The number of piperidine rings is 1. The molecule has 1 heterocycles. The van der Waals surface area contributed by atoms with E-state index in [1.807, 2.05) is 0 Å². The Bertz CT molecular complexity index is 974. The van der Waals surface area contributed by atoms with Gasteiger partial charge < -0.3 is 19.9 Å². The average Bonchev–Trinajstić information content (AvgIpc) is 2.86. The van der Waals surface area contributed by atoms with E-state index in [1.54, 1.807) is 33.1 Å². The second-order valence-corrected chi connectivity index (χ2v) is 13.3. The molecule has 0 unspecified atom stereocenters. The minimum atomic E-state index is -3.69. The lowest BCUT2D eigenvalue weighted by molar-refractivity contribution is -0.121. The van der Waals surface area contributed by atoms with Crippen LogP contribution in [-0.2, 0) is 14.8 Å². The lowest BCUT2D eigenvalue weighted by Crippen LogP contribution is -2.44. The molecule has 1 N–H and O–H groups in total. The molecule has 8 nitrogen and oxygen atoms in total. The van der Waals surface area contributed by atoms with E-state index in [0.717, 1.165) is 24.8 Å². The van der Waals surface area contributed by atoms with Crippen molar-refractivity contribution < 1.29 is 17.9 Å². The molecule has 0 aromatic heterocycles. The smallest absolute Gasteiger partial charge is 0.243 e. The van der Waals surface area contributed by atoms with E-state index in [4.69, 9.17) is 4.74 Å². The van der Waals surface area contributed by atoms with Gasteiger partial charge in [0, 0.05) is 39.1 Å². The molecule has 2 fully saturated rings. The predicted molar refractivity (Wildman–Crippen MR) is 149 cm³/mol. The number of aryl methyl sites for hydroxylation is 2. The second kappa shape index (κ2) is 13.4. The fourth-order valence-electron chi connectivity index (χ4n) is 5.92. The van der Waals surface area contributed by atoms with E-state index in [-0.39, 0.29) is 23.8 Å². The van der Waals surface area contributed by atoms with Crippen molar-refractivity contribution >= 4 is 15.9 Å². The first-order valence-corrected chi connectivity index (χ1v) is 15.2. The Morgan fingerprint density at radius 1 is 1.00 bits per heavy atom. The molecule has 37 heavy (non-hydrogen) atoms. The molecule has 9 heteroatoms. The number of nitrogens with zero attached hydrogens (tertiary/aromatic N) is 3. The van der Waals surface area contributed by atoms with Crippen LogP contribution in [-0.4, -0.2) is 95.4 Å². The van der Waals surface area contributed by atoms with Gasteiger partial charge in [0.05, 0.1) is 12.0 Å². The Labute approximate surface area is 224 Å². The third kappa shape index (κ3) is 8.15. The molecule has 1 aromatic rings. The number of rotatable bonds is 11. The molecule has 0 atom stereocenters. The van der Waals surface area contributed by atoms with Crippen molar-refractivity contribution in [2.75, 3.05) is 61.0 Å². The summed E-state index contributed by atoms with van der Waals surface area (Å²) in [6, 6.07) is 4.18. The highest BCUT2D eigenvalue weighted by atomic mass is 32.2. The first-order chi connectivity index (χ1) is 17.5. The zero-order chi connectivity index (χ0) is 27.2.